The first-order valence-corrected chi connectivity index (χ1v) is 8.00. The number of fused-ring (bicyclic) bond motifs is 1. The van der Waals surface area contributed by atoms with E-state index in [9.17, 15) is 8.42 Å². The van der Waals surface area contributed by atoms with Crippen LogP contribution >= 0.6 is 23.2 Å². The van der Waals surface area contributed by atoms with Crippen LogP contribution in [0.5, 0.6) is 0 Å². The quantitative estimate of drug-likeness (QED) is 0.782. The Bertz CT molecular complexity index is 902. The number of hydrogen-bond acceptors (Lipinski definition) is 4. The van der Waals surface area contributed by atoms with Crippen molar-refractivity contribution in [2.75, 3.05) is 4.72 Å². The van der Waals surface area contributed by atoms with Crippen molar-refractivity contribution >= 4 is 50.0 Å². The van der Waals surface area contributed by atoms with E-state index in [1.807, 2.05) is 0 Å². The molecule has 8 heteroatoms. The van der Waals surface area contributed by atoms with Crippen LogP contribution in [0.15, 0.2) is 52.1 Å². The Hall–Kier alpha value is -1.76. The number of rotatable bonds is 3. The normalized spacial score (nSPS) is 11.7. The van der Waals surface area contributed by atoms with E-state index in [1.165, 1.54) is 36.7 Å². The third-order valence-corrected chi connectivity index (χ3v) is 4.54. The van der Waals surface area contributed by atoms with Crippen LogP contribution in [0.3, 0.4) is 0 Å². The molecule has 0 unspecified atom stereocenters. The van der Waals surface area contributed by atoms with E-state index in [4.69, 9.17) is 27.6 Å². The summed E-state index contributed by atoms with van der Waals surface area (Å²) in [7, 11) is -3.77. The molecule has 0 saturated carbocycles. The predicted octanol–water partition coefficient (Wildman–Crippen LogP) is 3.94. The van der Waals surface area contributed by atoms with Gasteiger partial charge in [0.15, 0.2) is 12.0 Å². The fraction of sp³-hybridized carbons (Fsp3) is 0. The molecular weight excluding hydrogens is 335 g/mol. The lowest BCUT2D eigenvalue weighted by Crippen LogP contribution is -2.12. The molecule has 108 valence electrons. The van der Waals surface area contributed by atoms with Gasteiger partial charge in [-0.2, -0.15) is 0 Å². The van der Waals surface area contributed by atoms with Gasteiger partial charge in [-0.15, -0.1) is 0 Å². The summed E-state index contributed by atoms with van der Waals surface area (Å²) in [6.07, 6.45) is 1.26. The smallest absolute Gasteiger partial charge is 0.262 e. The van der Waals surface area contributed by atoms with E-state index < -0.39 is 10.0 Å². The van der Waals surface area contributed by atoms with Crippen molar-refractivity contribution in [3.05, 3.63) is 52.8 Å². The number of anilines is 1. The van der Waals surface area contributed by atoms with Gasteiger partial charge < -0.3 is 4.42 Å². The first-order chi connectivity index (χ1) is 9.94. The highest BCUT2D eigenvalue weighted by Crippen LogP contribution is 2.25. The first kappa shape index (κ1) is 14.2. The number of halogens is 2. The van der Waals surface area contributed by atoms with E-state index in [1.54, 1.807) is 6.07 Å². The molecule has 5 nitrogen and oxygen atoms in total. The molecule has 1 heterocycles. The zero-order chi connectivity index (χ0) is 15.0. The molecule has 0 aliphatic carbocycles. The molecule has 0 saturated heterocycles. The lowest BCUT2D eigenvalue weighted by atomic mass is 10.3. The number of nitrogens with zero attached hydrogens (tertiary/aromatic N) is 1. The fourth-order valence-electron chi connectivity index (χ4n) is 1.83. The summed E-state index contributed by atoms with van der Waals surface area (Å²) in [4.78, 5) is 3.99. The second-order valence-electron chi connectivity index (χ2n) is 4.25. The van der Waals surface area contributed by atoms with Gasteiger partial charge in [0, 0.05) is 16.1 Å². The lowest BCUT2D eigenvalue weighted by molar-refractivity contribution is 0.594. The van der Waals surface area contributed by atoms with Gasteiger partial charge in [-0.3, -0.25) is 4.72 Å². The van der Waals surface area contributed by atoms with Crippen molar-refractivity contribution in [1.29, 1.82) is 0 Å². The monoisotopic (exact) mass is 342 g/mol. The van der Waals surface area contributed by atoms with Gasteiger partial charge >= 0.3 is 0 Å². The van der Waals surface area contributed by atoms with Crippen molar-refractivity contribution in [2.24, 2.45) is 0 Å². The van der Waals surface area contributed by atoms with Gasteiger partial charge in [0.2, 0.25) is 0 Å². The summed E-state index contributed by atoms with van der Waals surface area (Å²) >= 11 is 11.7. The number of oxazole rings is 1. The average molecular weight is 343 g/mol. The number of aromatic nitrogens is 1. The summed E-state index contributed by atoms with van der Waals surface area (Å²) < 4.78 is 32.2. The molecule has 0 fully saturated rings. The second kappa shape index (κ2) is 5.22. The molecule has 1 aromatic heterocycles. The van der Waals surface area contributed by atoms with Gasteiger partial charge in [-0.1, -0.05) is 23.2 Å². The van der Waals surface area contributed by atoms with Crippen LogP contribution in [0.1, 0.15) is 0 Å². The zero-order valence-corrected chi connectivity index (χ0v) is 12.7. The van der Waals surface area contributed by atoms with E-state index in [0.717, 1.165) is 0 Å². The lowest BCUT2D eigenvalue weighted by Gasteiger charge is -2.08. The van der Waals surface area contributed by atoms with Crippen LogP contribution in [0.4, 0.5) is 5.69 Å². The van der Waals surface area contributed by atoms with Crippen molar-refractivity contribution in [3.63, 3.8) is 0 Å². The molecule has 0 bridgehead atoms. The molecular formula is C13H8Cl2N2O3S. The van der Waals surface area contributed by atoms with Crippen LogP contribution in [-0.2, 0) is 10.0 Å². The summed E-state index contributed by atoms with van der Waals surface area (Å²) in [5.41, 5.74) is 1.26. The predicted molar refractivity (Wildman–Crippen MR) is 81.3 cm³/mol. The molecule has 0 amide bonds. The molecule has 0 atom stereocenters. The zero-order valence-electron chi connectivity index (χ0n) is 10.4. The Morgan fingerprint density at radius 1 is 1.05 bits per heavy atom. The topological polar surface area (TPSA) is 72.2 Å². The number of hydrogen-bond donors (Lipinski definition) is 1. The van der Waals surface area contributed by atoms with Crippen LogP contribution < -0.4 is 4.72 Å². The summed E-state index contributed by atoms with van der Waals surface area (Å²) in [6, 6.07) is 8.87. The summed E-state index contributed by atoms with van der Waals surface area (Å²) in [5.74, 6) is 0. The summed E-state index contributed by atoms with van der Waals surface area (Å²) in [5, 5.41) is 0.678. The van der Waals surface area contributed by atoms with Crippen molar-refractivity contribution in [1.82, 2.24) is 4.98 Å². The molecule has 2 aromatic carbocycles. The molecule has 3 aromatic rings. The maximum absolute atomic E-state index is 12.3. The van der Waals surface area contributed by atoms with E-state index >= 15 is 0 Å². The minimum atomic E-state index is -3.77. The molecule has 0 spiro atoms. The van der Waals surface area contributed by atoms with Gasteiger partial charge in [-0.25, -0.2) is 13.4 Å². The molecule has 0 radical (unpaired) electrons. The highest BCUT2D eigenvalue weighted by molar-refractivity contribution is 7.92. The highest BCUT2D eigenvalue weighted by atomic mass is 35.5. The van der Waals surface area contributed by atoms with Gasteiger partial charge in [0.25, 0.3) is 10.0 Å². The van der Waals surface area contributed by atoms with E-state index in [0.29, 0.717) is 21.1 Å². The van der Waals surface area contributed by atoms with Gasteiger partial charge in [0.05, 0.1) is 10.6 Å². The highest BCUT2D eigenvalue weighted by Gasteiger charge is 2.16. The molecule has 1 N–H and O–H groups in total. The first-order valence-electron chi connectivity index (χ1n) is 5.76. The summed E-state index contributed by atoms with van der Waals surface area (Å²) in [6.45, 7) is 0. The minimum absolute atomic E-state index is 0.0582. The molecule has 0 aliphatic rings. The Balaban J connectivity index is 1.99. The Morgan fingerprint density at radius 2 is 1.76 bits per heavy atom. The SMILES string of the molecule is O=S(=O)(Nc1cc(Cl)cc(Cl)c1)c1ccc2ncoc2c1. The fourth-order valence-corrected chi connectivity index (χ4v) is 3.41. The maximum Gasteiger partial charge on any atom is 0.262 e. The largest absolute Gasteiger partial charge is 0.443 e. The van der Waals surface area contributed by atoms with Crippen LogP contribution in [0.25, 0.3) is 11.1 Å². The third kappa shape index (κ3) is 2.97. The van der Waals surface area contributed by atoms with Crippen molar-refractivity contribution in [2.45, 2.75) is 4.90 Å². The molecule has 0 aliphatic heterocycles. The van der Waals surface area contributed by atoms with Crippen molar-refractivity contribution in [3.8, 4) is 0 Å². The third-order valence-electron chi connectivity index (χ3n) is 2.73. The second-order valence-corrected chi connectivity index (χ2v) is 6.80. The van der Waals surface area contributed by atoms with Gasteiger partial charge in [-0.05, 0) is 30.3 Å². The Morgan fingerprint density at radius 3 is 2.48 bits per heavy atom. The van der Waals surface area contributed by atoms with E-state index in [2.05, 4.69) is 9.71 Å². The number of nitrogens with one attached hydrogen (secondary N) is 1. The molecule has 21 heavy (non-hydrogen) atoms. The Kier molecular flexibility index (Phi) is 3.52. The van der Waals surface area contributed by atoms with Crippen LogP contribution in [-0.4, -0.2) is 13.4 Å². The minimum Gasteiger partial charge on any atom is -0.443 e. The van der Waals surface area contributed by atoms with Crippen LogP contribution in [0.2, 0.25) is 10.0 Å². The van der Waals surface area contributed by atoms with Crippen molar-refractivity contribution < 1.29 is 12.8 Å². The number of benzene rings is 2. The average Bonchev–Trinajstić information content (AvgIpc) is 2.83. The number of sulfonamides is 1. The van der Waals surface area contributed by atoms with Crippen LogP contribution in [0, 0.1) is 0 Å². The van der Waals surface area contributed by atoms with Gasteiger partial charge in [0.1, 0.15) is 5.52 Å². The Labute approximate surface area is 130 Å². The van der Waals surface area contributed by atoms with E-state index in [-0.39, 0.29) is 10.6 Å². The maximum atomic E-state index is 12.3. The standard InChI is InChI=1S/C13H8Cl2N2O3S/c14-8-3-9(15)5-10(4-8)17-21(18,19)11-1-2-12-13(6-11)20-7-16-12/h1-7,17H. The molecule has 3 rings (SSSR count).